The molecule has 0 aromatic heterocycles. The molecule has 2 aromatic carbocycles. The highest BCUT2D eigenvalue weighted by atomic mass is 19.1. The summed E-state index contributed by atoms with van der Waals surface area (Å²) in [4.78, 5) is 39.0. The van der Waals surface area contributed by atoms with E-state index in [4.69, 9.17) is 4.74 Å². The van der Waals surface area contributed by atoms with E-state index in [1.807, 2.05) is 20.8 Å². The van der Waals surface area contributed by atoms with E-state index in [2.05, 4.69) is 5.32 Å². The summed E-state index contributed by atoms with van der Waals surface area (Å²) in [6, 6.07) is 10.4. The van der Waals surface area contributed by atoms with Gasteiger partial charge in [0.25, 0.3) is 0 Å². The predicted molar refractivity (Wildman–Crippen MR) is 117 cm³/mol. The van der Waals surface area contributed by atoms with Crippen LogP contribution in [-0.2, 0) is 25.5 Å². The maximum absolute atomic E-state index is 13.3. The first-order valence-corrected chi connectivity index (χ1v) is 10.2. The molecule has 0 spiro atoms. The van der Waals surface area contributed by atoms with Gasteiger partial charge in [0.05, 0.1) is 13.0 Å². The van der Waals surface area contributed by atoms with Crippen molar-refractivity contribution in [2.45, 2.75) is 40.2 Å². The normalized spacial score (nSPS) is 12.1. The van der Waals surface area contributed by atoms with Crippen molar-refractivity contribution in [2.24, 2.45) is 5.41 Å². The number of hydrogen-bond acceptors (Lipinski definition) is 4. The number of ether oxygens (including phenoxy) is 1. The lowest BCUT2D eigenvalue weighted by Gasteiger charge is -2.26. The molecular formula is C24H28F2N2O4. The lowest BCUT2D eigenvalue weighted by Crippen LogP contribution is -2.49. The molecule has 2 amide bonds. The smallest absolute Gasteiger partial charge is 0.326 e. The van der Waals surface area contributed by atoms with E-state index in [-0.39, 0.29) is 30.6 Å². The maximum Gasteiger partial charge on any atom is 0.326 e. The van der Waals surface area contributed by atoms with Crippen molar-refractivity contribution < 1.29 is 27.9 Å². The van der Waals surface area contributed by atoms with Gasteiger partial charge >= 0.3 is 5.97 Å². The molecule has 0 saturated carbocycles. The Morgan fingerprint density at radius 3 is 2.19 bits per heavy atom. The molecule has 172 valence electrons. The lowest BCUT2D eigenvalue weighted by molar-refractivity contribution is -0.145. The van der Waals surface area contributed by atoms with Gasteiger partial charge in [0.1, 0.15) is 24.2 Å². The van der Waals surface area contributed by atoms with Crippen LogP contribution in [0, 0.1) is 17.0 Å². The molecule has 0 aliphatic rings. The zero-order valence-corrected chi connectivity index (χ0v) is 18.7. The van der Waals surface area contributed by atoms with Gasteiger partial charge in [-0.1, -0.05) is 39.0 Å². The van der Waals surface area contributed by atoms with Crippen LogP contribution < -0.4 is 10.2 Å². The molecule has 0 aliphatic heterocycles. The Balaban J connectivity index is 2.08. The van der Waals surface area contributed by atoms with Crippen molar-refractivity contribution in [3.63, 3.8) is 0 Å². The first-order chi connectivity index (χ1) is 14.9. The quantitative estimate of drug-likeness (QED) is 0.629. The number of anilines is 1. The summed E-state index contributed by atoms with van der Waals surface area (Å²) < 4.78 is 32.0. The van der Waals surface area contributed by atoms with E-state index in [0.717, 1.165) is 12.1 Å². The van der Waals surface area contributed by atoms with Crippen LogP contribution in [0.4, 0.5) is 14.5 Å². The van der Waals surface area contributed by atoms with Gasteiger partial charge in [-0.05, 0) is 42.2 Å². The van der Waals surface area contributed by atoms with Crippen LogP contribution in [0.5, 0.6) is 0 Å². The highest BCUT2D eigenvalue weighted by molar-refractivity contribution is 6.02. The number of benzene rings is 2. The van der Waals surface area contributed by atoms with Crippen molar-refractivity contribution >= 4 is 23.5 Å². The largest absolute Gasteiger partial charge is 0.464 e. The molecule has 6 nitrogen and oxygen atoms in total. The molecule has 0 aliphatic carbocycles. The zero-order chi connectivity index (χ0) is 23.9. The first kappa shape index (κ1) is 25.0. The fourth-order valence-corrected chi connectivity index (χ4v) is 2.86. The number of rotatable bonds is 8. The van der Waals surface area contributed by atoms with Crippen molar-refractivity contribution in [2.75, 3.05) is 18.1 Å². The van der Waals surface area contributed by atoms with Gasteiger partial charge in [0, 0.05) is 11.8 Å². The second-order valence-corrected chi connectivity index (χ2v) is 8.72. The maximum atomic E-state index is 13.3. The Labute approximate surface area is 186 Å². The predicted octanol–water partition coefficient (Wildman–Crippen LogP) is 3.63. The number of carbonyl (C=O) groups excluding carboxylic acids is 3. The van der Waals surface area contributed by atoms with Crippen LogP contribution in [0.25, 0.3) is 0 Å². The lowest BCUT2D eigenvalue weighted by atomic mass is 9.99. The first-order valence-electron chi connectivity index (χ1n) is 10.2. The van der Waals surface area contributed by atoms with Gasteiger partial charge in [-0.2, -0.15) is 0 Å². The molecule has 0 radical (unpaired) electrons. The molecule has 1 atom stereocenters. The van der Waals surface area contributed by atoms with Crippen molar-refractivity contribution in [1.29, 1.82) is 0 Å². The average molecular weight is 446 g/mol. The highest BCUT2D eigenvalue weighted by Crippen LogP contribution is 2.17. The molecule has 0 bridgehead atoms. The number of nitrogens with one attached hydrogen (secondary N) is 1. The molecule has 8 heteroatoms. The molecule has 0 saturated heterocycles. The van der Waals surface area contributed by atoms with Crippen molar-refractivity contribution in [3.05, 3.63) is 65.7 Å². The average Bonchev–Trinajstić information content (AvgIpc) is 2.69. The third kappa shape index (κ3) is 8.09. The van der Waals surface area contributed by atoms with Gasteiger partial charge in [0.15, 0.2) is 0 Å². The Hall–Kier alpha value is -3.29. The SMILES string of the molecule is C[C@H](NC(=O)Cc1cc(F)cc(F)c1)C(=O)N(CC(=O)OCC(C)(C)C)c1ccccc1. The minimum absolute atomic E-state index is 0.144. The monoisotopic (exact) mass is 446 g/mol. The fraction of sp³-hybridized carbons (Fsp3) is 0.375. The Morgan fingerprint density at radius 2 is 1.62 bits per heavy atom. The Kier molecular flexibility index (Phi) is 8.46. The second kappa shape index (κ2) is 10.8. The van der Waals surface area contributed by atoms with E-state index in [1.54, 1.807) is 30.3 Å². The van der Waals surface area contributed by atoms with Gasteiger partial charge < -0.3 is 10.1 Å². The number of amides is 2. The van der Waals surface area contributed by atoms with Gasteiger partial charge in [-0.3, -0.25) is 19.3 Å². The van der Waals surface area contributed by atoms with Crippen LogP contribution in [0.1, 0.15) is 33.3 Å². The van der Waals surface area contributed by atoms with Crippen LogP contribution in [0.2, 0.25) is 0 Å². The summed E-state index contributed by atoms with van der Waals surface area (Å²) in [5.74, 6) is -3.27. The fourth-order valence-electron chi connectivity index (χ4n) is 2.86. The number of halogens is 2. The molecule has 2 rings (SSSR count). The van der Waals surface area contributed by atoms with E-state index in [0.29, 0.717) is 11.8 Å². The second-order valence-electron chi connectivity index (χ2n) is 8.72. The minimum atomic E-state index is -0.989. The van der Waals surface area contributed by atoms with Gasteiger partial charge in [0.2, 0.25) is 11.8 Å². The summed E-state index contributed by atoms with van der Waals surface area (Å²) in [6.45, 7) is 7.10. The number of nitrogens with zero attached hydrogens (tertiary/aromatic N) is 1. The highest BCUT2D eigenvalue weighted by Gasteiger charge is 2.26. The Bertz CT molecular complexity index is 938. The number of esters is 1. The zero-order valence-electron chi connectivity index (χ0n) is 18.7. The van der Waals surface area contributed by atoms with Crippen LogP contribution in [0.3, 0.4) is 0 Å². The summed E-state index contributed by atoms with van der Waals surface area (Å²) in [5, 5.41) is 2.52. The minimum Gasteiger partial charge on any atom is -0.464 e. The molecule has 0 unspecified atom stereocenters. The molecule has 0 fully saturated rings. The van der Waals surface area contributed by atoms with E-state index in [1.165, 1.54) is 11.8 Å². The molecule has 1 N–H and O–H groups in total. The summed E-state index contributed by atoms with van der Waals surface area (Å²) >= 11 is 0. The Morgan fingerprint density at radius 1 is 1.03 bits per heavy atom. The third-order valence-corrected chi connectivity index (χ3v) is 4.32. The molecular weight excluding hydrogens is 418 g/mol. The number of para-hydroxylation sites is 1. The summed E-state index contributed by atoms with van der Waals surface area (Å²) in [5.41, 5.74) is 0.387. The van der Waals surface area contributed by atoms with Crippen LogP contribution in [0.15, 0.2) is 48.5 Å². The van der Waals surface area contributed by atoms with Crippen LogP contribution in [-0.4, -0.2) is 37.0 Å². The van der Waals surface area contributed by atoms with Gasteiger partial charge in [-0.15, -0.1) is 0 Å². The molecule has 32 heavy (non-hydrogen) atoms. The molecule has 0 heterocycles. The van der Waals surface area contributed by atoms with E-state index < -0.39 is 35.5 Å². The standard InChI is InChI=1S/C24H28F2N2O4/c1-16(27-21(29)12-17-10-18(25)13-19(26)11-17)23(31)28(20-8-6-5-7-9-20)14-22(30)32-15-24(2,3)4/h5-11,13,16H,12,14-15H2,1-4H3,(H,27,29)/t16-/m0/s1. The number of hydrogen-bond donors (Lipinski definition) is 1. The van der Waals surface area contributed by atoms with Crippen molar-refractivity contribution in [1.82, 2.24) is 5.32 Å². The van der Waals surface area contributed by atoms with Gasteiger partial charge in [-0.25, -0.2) is 8.78 Å². The third-order valence-electron chi connectivity index (χ3n) is 4.32. The van der Waals surface area contributed by atoms with Crippen LogP contribution >= 0.6 is 0 Å². The molecule has 2 aromatic rings. The van der Waals surface area contributed by atoms with Crippen molar-refractivity contribution in [3.8, 4) is 0 Å². The topological polar surface area (TPSA) is 75.7 Å². The summed E-state index contributed by atoms with van der Waals surface area (Å²) in [7, 11) is 0. The van der Waals surface area contributed by atoms with E-state index in [9.17, 15) is 23.2 Å². The number of carbonyl (C=O) groups is 3. The van der Waals surface area contributed by atoms with E-state index >= 15 is 0 Å². The summed E-state index contributed by atoms with van der Waals surface area (Å²) in [6.07, 6.45) is -0.300.